The zero-order valence-corrected chi connectivity index (χ0v) is 10.7. The van der Waals surface area contributed by atoms with Crippen molar-refractivity contribution in [3.63, 3.8) is 0 Å². The molecule has 2 aromatic heterocycles. The van der Waals surface area contributed by atoms with Crippen LogP contribution in [0.25, 0.3) is 0 Å². The maximum absolute atomic E-state index is 11.8. The smallest absolute Gasteiger partial charge is 0.271 e. The number of nitrogens with one attached hydrogen (secondary N) is 2. The summed E-state index contributed by atoms with van der Waals surface area (Å²) in [4.78, 5) is 24.8. The SMILES string of the molecule is CCNc1cnc(C(=O)NCc2cncs2)cn1. The van der Waals surface area contributed by atoms with Gasteiger partial charge in [-0.15, -0.1) is 11.3 Å². The number of carbonyl (C=O) groups excluding carboxylic acids is 1. The monoisotopic (exact) mass is 263 g/mol. The Morgan fingerprint density at radius 3 is 2.83 bits per heavy atom. The molecule has 0 saturated carbocycles. The first kappa shape index (κ1) is 12.4. The normalized spacial score (nSPS) is 10.1. The van der Waals surface area contributed by atoms with Gasteiger partial charge in [0.25, 0.3) is 5.91 Å². The number of anilines is 1. The number of hydrogen-bond acceptors (Lipinski definition) is 6. The molecule has 0 aliphatic rings. The van der Waals surface area contributed by atoms with Crippen LogP contribution in [-0.4, -0.2) is 27.4 Å². The lowest BCUT2D eigenvalue weighted by Crippen LogP contribution is -2.23. The van der Waals surface area contributed by atoms with Crippen molar-refractivity contribution in [1.82, 2.24) is 20.3 Å². The molecule has 0 saturated heterocycles. The first-order valence-corrected chi connectivity index (χ1v) is 6.39. The number of carbonyl (C=O) groups is 1. The fraction of sp³-hybridized carbons (Fsp3) is 0.273. The standard InChI is InChI=1S/C11H13N5OS/c1-2-13-10-6-14-9(5-15-10)11(17)16-4-8-3-12-7-18-8/h3,5-7H,2,4H2,1H3,(H,13,15)(H,16,17). The van der Waals surface area contributed by atoms with E-state index < -0.39 is 0 Å². The zero-order chi connectivity index (χ0) is 12.8. The van der Waals surface area contributed by atoms with Crippen molar-refractivity contribution in [2.45, 2.75) is 13.5 Å². The van der Waals surface area contributed by atoms with E-state index in [2.05, 4.69) is 25.6 Å². The van der Waals surface area contributed by atoms with Gasteiger partial charge in [-0.3, -0.25) is 9.78 Å². The van der Waals surface area contributed by atoms with Gasteiger partial charge in [-0.1, -0.05) is 0 Å². The number of hydrogen-bond donors (Lipinski definition) is 2. The van der Waals surface area contributed by atoms with E-state index in [0.29, 0.717) is 18.1 Å². The van der Waals surface area contributed by atoms with E-state index in [9.17, 15) is 4.79 Å². The molecule has 2 aromatic rings. The highest BCUT2D eigenvalue weighted by atomic mass is 32.1. The van der Waals surface area contributed by atoms with Crippen molar-refractivity contribution in [1.29, 1.82) is 0 Å². The zero-order valence-electron chi connectivity index (χ0n) is 9.88. The van der Waals surface area contributed by atoms with Crippen LogP contribution >= 0.6 is 11.3 Å². The Balaban J connectivity index is 1.92. The minimum Gasteiger partial charge on any atom is -0.369 e. The quantitative estimate of drug-likeness (QED) is 0.849. The van der Waals surface area contributed by atoms with Crippen LogP contribution in [0, 0.1) is 0 Å². The summed E-state index contributed by atoms with van der Waals surface area (Å²) < 4.78 is 0. The minimum atomic E-state index is -0.237. The van der Waals surface area contributed by atoms with E-state index >= 15 is 0 Å². The Bertz CT molecular complexity index is 497. The van der Waals surface area contributed by atoms with Gasteiger partial charge in [-0.2, -0.15) is 0 Å². The lowest BCUT2D eigenvalue weighted by Gasteiger charge is -2.04. The molecule has 0 aromatic carbocycles. The van der Waals surface area contributed by atoms with E-state index in [1.54, 1.807) is 17.9 Å². The fourth-order valence-corrected chi connectivity index (χ4v) is 1.84. The van der Waals surface area contributed by atoms with E-state index in [0.717, 1.165) is 11.4 Å². The highest BCUT2D eigenvalue weighted by Gasteiger charge is 2.07. The van der Waals surface area contributed by atoms with Crippen molar-refractivity contribution in [3.05, 3.63) is 34.7 Å². The molecule has 7 heteroatoms. The Labute approximate surface area is 109 Å². The molecule has 2 heterocycles. The van der Waals surface area contributed by atoms with Gasteiger partial charge >= 0.3 is 0 Å². The largest absolute Gasteiger partial charge is 0.369 e. The first-order valence-electron chi connectivity index (χ1n) is 5.51. The van der Waals surface area contributed by atoms with Crippen LogP contribution in [0.4, 0.5) is 5.82 Å². The van der Waals surface area contributed by atoms with Crippen molar-refractivity contribution < 1.29 is 4.79 Å². The van der Waals surface area contributed by atoms with Crippen molar-refractivity contribution in [2.75, 3.05) is 11.9 Å². The third-order valence-electron chi connectivity index (χ3n) is 2.15. The summed E-state index contributed by atoms with van der Waals surface area (Å²) in [6.45, 7) is 3.20. The highest BCUT2D eigenvalue weighted by Crippen LogP contribution is 2.05. The number of rotatable bonds is 5. The topological polar surface area (TPSA) is 79.8 Å². The van der Waals surface area contributed by atoms with Crippen LogP contribution in [-0.2, 0) is 6.54 Å². The van der Waals surface area contributed by atoms with Gasteiger partial charge < -0.3 is 10.6 Å². The lowest BCUT2D eigenvalue weighted by atomic mass is 10.4. The molecule has 0 bridgehead atoms. The van der Waals surface area contributed by atoms with Gasteiger partial charge in [0.05, 0.1) is 24.4 Å². The van der Waals surface area contributed by atoms with Crippen molar-refractivity contribution in [3.8, 4) is 0 Å². The van der Waals surface area contributed by atoms with Crippen LogP contribution < -0.4 is 10.6 Å². The van der Waals surface area contributed by atoms with Gasteiger partial charge in [-0.05, 0) is 6.92 Å². The molecule has 2 rings (SSSR count). The van der Waals surface area contributed by atoms with Gasteiger partial charge in [-0.25, -0.2) is 9.97 Å². The molecule has 0 unspecified atom stereocenters. The molecule has 18 heavy (non-hydrogen) atoms. The molecular weight excluding hydrogens is 250 g/mol. The van der Waals surface area contributed by atoms with Crippen LogP contribution in [0.3, 0.4) is 0 Å². The lowest BCUT2D eigenvalue weighted by molar-refractivity contribution is 0.0946. The summed E-state index contributed by atoms with van der Waals surface area (Å²) >= 11 is 1.50. The summed E-state index contributed by atoms with van der Waals surface area (Å²) in [7, 11) is 0. The van der Waals surface area contributed by atoms with Crippen molar-refractivity contribution in [2.24, 2.45) is 0 Å². The number of nitrogens with zero attached hydrogens (tertiary/aromatic N) is 3. The Hall–Kier alpha value is -2.02. The van der Waals surface area contributed by atoms with Gasteiger partial charge in [0, 0.05) is 17.6 Å². The first-order chi connectivity index (χ1) is 8.79. The molecule has 0 radical (unpaired) electrons. The van der Waals surface area contributed by atoms with Crippen LogP contribution in [0.2, 0.25) is 0 Å². The summed E-state index contributed by atoms with van der Waals surface area (Å²) in [5, 5.41) is 5.78. The Morgan fingerprint density at radius 1 is 1.33 bits per heavy atom. The highest BCUT2D eigenvalue weighted by molar-refractivity contribution is 7.09. The minimum absolute atomic E-state index is 0.237. The molecule has 0 spiro atoms. The maximum Gasteiger partial charge on any atom is 0.271 e. The number of amides is 1. The van der Waals surface area contributed by atoms with Crippen LogP contribution in [0.5, 0.6) is 0 Å². The second-order valence-electron chi connectivity index (χ2n) is 3.47. The maximum atomic E-state index is 11.8. The van der Waals surface area contributed by atoms with E-state index in [4.69, 9.17) is 0 Å². The number of aromatic nitrogens is 3. The summed E-state index contributed by atoms with van der Waals surface area (Å²) in [5.74, 6) is 0.426. The average molecular weight is 263 g/mol. The van der Waals surface area contributed by atoms with Crippen LogP contribution in [0.1, 0.15) is 22.3 Å². The Kier molecular flexibility index (Phi) is 4.19. The molecular formula is C11H13N5OS. The van der Waals surface area contributed by atoms with Gasteiger partial charge in [0.15, 0.2) is 0 Å². The Morgan fingerprint density at radius 2 is 2.22 bits per heavy atom. The molecule has 0 aliphatic heterocycles. The molecule has 0 fully saturated rings. The fourth-order valence-electron chi connectivity index (χ4n) is 1.31. The van der Waals surface area contributed by atoms with Crippen LogP contribution in [0.15, 0.2) is 24.1 Å². The predicted octanol–water partition coefficient (Wildman–Crippen LogP) is 1.29. The molecule has 0 atom stereocenters. The number of thiazole rings is 1. The molecule has 94 valence electrons. The average Bonchev–Trinajstić information content (AvgIpc) is 2.90. The van der Waals surface area contributed by atoms with E-state index in [1.807, 2.05) is 6.92 Å². The molecule has 0 aliphatic carbocycles. The third-order valence-corrected chi connectivity index (χ3v) is 2.93. The molecule has 6 nitrogen and oxygen atoms in total. The van der Waals surface area contributed by atoms with E-state index in [-0.39, 0.29) is 5.91 Å². The van der Waals surface area contributed by atoms with Crippen molar-refractivity contribution >= 4 is 23.1 Å². The summed E-state index contributed by atoms with van der Waals surface area (Å²) in [5.41, 5.74) is 2.04. The van der Waals surface area contributed by atoms with Gasteiger partial charge in [0.1, 0.15) is 11.5 Å². The second-order valence-corrected chi connectivity index (χ2v) is 4.44. The summed E-state index contributed by atoms with van der Waals surface area (Å²) in [6.07, 6.45) is 4.73. The van der Waals surface area contributed by atoms with E-state index in [1.165, 1.54) is 17.5 Å². The predicted molar refractivity (Wildman–Crippen MR) is 69.5 cm³/mol. The molecule has 2 N–H and O–H groups in total. The second kappa shape index (κ2) is 6.06. The third kappa shape index (κ3) is 3.24. The molecule has 1 amide bonds. The summed E-state index contributed by atoms with van der Waals surface area (Å²) in [6, 6.07) is 0. The van der Waals surface area contributed by atoms with Gasteiger partial charge in [0.2, 0.25) is 0 Å².